The molecule has 2 rings (SSSR count). The lowest BCUT2D eigenvalue weighted by atomic mass is 10.2. The number of carbonyl (C=O) groups is 1. The molecule has 0 radical (unpaired) electrons. The number of hydrogen-bond acceptors (Lipinski definition) is 3. The first-order valence-corrected chi connectivity index (χ1v) is 8.80. The van der Waals surface area contributed by atoms with E-state index in [1.54, 1.807) is 24.3 Å². The summed E-state index contributed by atoms with van der Waals surface area (Å²) in [5.41, 5.74) is 0.741. The summed E-state index contributed by atoms with van der Waals surface area (Å²) in [6, 6.07) is 10.5. The van der Waals surface area contributed by atoms with Crippen LogP contribution in [-0.2, 0) is 16.4 Å². The Kier molecular flexibility index (Phi) is 5.64. The highest BCUT2D eigenvalue weighted by Crippen LogP contribution is 2.19. The third-order valence-corrected chi connectivity index (χ3v) is 4.96. The van der Waals surface area contributed by atoms with Gasteiger partial charge in [-0.1, -0.05) is 35.3 Å². The van der Waals surface area contributed by atoms with Crippen molar-refractivity contribution in [1.82, 2.24) is 4.72 Å². The molecule has 0 atom stereocenters. The van der Waals surface area contributed by atoms with Crippen LogP contribution in [0.1, 0.15) is 15.9 Å². The van der Waals surface area contributed by atoms with Crippen LogP contribution in [0.5, 0.6) is 0 Å². The summed E-state index contributed by atoms with van der Waals surface area (Å²) in [7, 11) is -3.84. The molecular formula is C15H13Cl2NO4S. The average molecular weight is 374 g/mol. The normalized spacial score (nSPS) is 11.4. The van der Waals surface area contributed by atoms with Gasteiger partial charge in [-0.2, -0.15) is 0 Å². The van der Waals surface area contributed by atoms with Gasteiger partial charge in [0, 0.05) is 16.6 Å². The van der Waals surface area contributed by atoms with Crippen LogP contribution in [0, 0.1) is 0 Å². The largest absolute Gasteiger partial charge is 0.478 e. The smallest absolute Gasteiger partial charge is 0.335 e. The molecule has 0 aliphatic heterocycles. The average Bonchev–Trinajstić information content (AvgIpc) is 2.48. The molecule has 122 valence electrons. The summed E-state index contributed by atoms with van der Waals surface area (Å²) in [5.74, 6) is -1.25. The van der Waals surface area contributed by atoms with Gasteiger partial charge < -0.3 is 5.11 Å². The molecular weight excluding hydrogens is 361 g/mol. The van der Waals surface area contributed by atoms with Crippen molar-refractivity contribution in [3.05, 3.63) is 63.6 Å². The zero-order valence-electron chi connectivity index (χ0n) is 11.8. The van der Waals surface area contributed by atoms with Crippen LogP contribution >= 0.6 is 23.2 Å². The van der Waals surface area contributed by atoms with E-state index >= 15 is 0 Å². The first kappa shape index (κ1) is 17.7. The minimum absolute atomic E-state index is 0.0444. The van der Waals surface area contributed by atoms with Crippen molar-refractivity contribution in [2.24, 2.45) is 0 Å². The van der Waals surface area contributed by atoms with Crippen molar-refractivity contribution in [1.29, 1.82) is 0 Å². The maximum absolute atomic E-state index is 12.2. The van der Waals surface area contributed by atoms with E-state index in [4.69, 9.17) is 28.3 Å². The molecule has 2 N–H and O–H groups in total. The van der Waals surface area contributed by atoms with Crippen molar-refractivity contribution in [3.63, 3.8) is 0 Å². The Morgan fingerprint density at radius 1 is 1.04 bits per heavy atom. The van der Waals surface area contributed by atoms with Crippen LogP contribution in [0.4, 0.5) is 0 Å². The van der Waals surface area contributed by atoms with E-state index in [1.165, 1.54) is 12.1 Å². The van der Waals surface area contributed by atoms with E-state index in [0.717, 1.165) is 11.6 Å². The van der Waals surface area contributed by atoms with Gasteiger partial charge in [0.25, 0.3) is 0 Å². The molecule has 0 amide bonds. The lowest BCUT2D eigenvalue weighted by molar-refractivity contribution is 0.0696. The second-order valence-electron chi connectivity index (χ2n) is 4.76. The Balaban J connectivity index is 2.09. The minimum Gasteiger partial charge on any atom is -0.478 e. The molecule has 23 heavy (non-hydrogen) atoms. The third kappa shape index (κ3) is 4.94. The number of hydrogen-bond donors (Lipinski definition) is 2. The summed E-state index contributed by atoms with van der Waals surface area (Å²) >= 11 is 11.6. The van der Waals surface area contributed by atoms with Gasteiger partial charge in [-0.15, -0.1) is 0 Å². The molecule has 5 nitrogen and oxygen atoms in total. The Hall–Kier alpha value is -1.60. The zero-order valence-corrected chi connectivity index (χ0v) is 14.1. The lowest BCUT2D eigenvalue weighted by Gasteiger charge is -2.08. The lowest BCUT2D eigenvalue weighted by Crippen LogP contribution is -2.26. The van der Waals surface area contributed by atoms with E-state index in [0.29, 0.717) is 11.4 Å². The monoisotopic (exact) mass is 373 g/mol. The van der Waals surface area contributed by atoms with Gasteiger partial charge in [-0.25, -0.2) is 17.9 Å². The van der Waals surface area contributed by atoms with Crippen LogP contribution in [0.25, 0.3) is 0 Å². The molecule has 0 bridgehead atoms. The van der Waals surface area contributed by atoms with E-state index in [-0.39, 0.29) is 22.0 Å². The number of sulfonamides is 1. The van der Waals surface area contributed by atoms with Crippen LogP contribution in [-0.4, -0.2) is 26.0 Å². The van der Waals surface area contributed by atoms with Crippen molar-refractivity contribution >= 4 is 39.2 Å². The van der Waals surface area contributed by atoms with Gasteiger partial charge in [0.05, 0.1) is 10.5 Å². The number of benzene rings is 2. The second-order valence-corrected chi connectivity index (χ2v) is 7.39. The Labute approximate surface area is 143 Å². The fraction of sp³-hybridized carbons (Fsp3) is 0.133. The van der Waals surface area contributed by atoms with Crippen LogP contribution in [0.15, 0.2) is 47.4 Å². The fourth-order valence-corrected chi connectivity index (χ4v) is 3.43. The topological polar surface area (TPSA) is 83.5 Å². The number of rotatable bonds is 6. The summed E-state index contributed by atoms with van der Waals surface area (Å²) in [6.07, 6.45) is 0.475. The van der Waals surface area contributed by atoms with Gasteiger partial charge >= 0.3 is 5.97 Å². The van der Waals surface area contributed by atoms with Crippen molar-refractivity contribution in [2.75, 3.05) is 6.54 Å². The highest BCUT2D eigenvalue weighted by Gasteiger charge is 2.17. The molecule has 0 fully saturated rings. The molecule has 0 heterocycles. The van der Waals surface area contributed by atoms with Crippen LogP contribution in [0.3, 0.4) is 0 Å². The SMILES string of the molecule is O=C(O)c1cc(Cl)cc(S(=O)(=O)NCCc2ccc(Cl)cc2)c1. The quantitative estimate of drug-likeness (QED) is 0.813. The molecule has 0 aliphatic rings. The summed E-state index contributed by atoms with van der Waals surface area (Å²) in [4.78, 5) is 10.8. The maximum atomic E-state index is 12.2. The van der Waals surface area contributed by atoms with E-state index in [2.05, 4.69) is 4.72 Å². The molecule has 0 spiro atoms. The summed E-state index contributed by atoms with van der Waals surface area (Å²) in [6.45, 7) is 0.166. The van der Waals surface area contributed by atoms with Crippen LogP contribution in [0.2, 0.25) is 10.0 Å². The number of nitrogens with one attached hydrogen (secondary N) is 1. The molecule has 0 aromatic heterocycles. The van der Waals surface area contributed by atoms with Crippen molar-refractivity contribution in [2.45, 2.75) is 11.3 Å². The molecule has 8 heteroatoms. The van der Waals surface area contributed by atoms with Crippen molar-refractivity contribution in [3.8, 4) is 0 Å². The Morgan fingerprint density at radius 3 is 2.30 bits per heavy atom. The highest BCUT2D eigenvalue weighted by molar-refractivity contribution is 7.89. The Morgan fingerprint density at radius 2 is 1.70 bits per heavy atom. The number of carboxylic acids is 1. The zero-order chi connectivity index (χ0) is 17.0. The van der Waals surface area contributed by atoms with Crippen LogP contribution < -0.4 is 4.72 Å². The van der Waals surface area contributed by atoms with Gasteiger partial charge in [-0.3, -0.25) is 0 Å². The molecule has 0 saturated carbocycles. The summed E-state index contributed by atoms with van der Waals surface area (Å²) < 4.78 is 26.9. The van der Waals surface area contributed by atoms with Gasteiger partial charge in [-0.05, 0) is 42.3 Å². The predicted octanol–water partition coefficient (Wildman–Crippen LogP) is 3.21. The first-order chi connectivity index (χ1) is 10.8. The van der Waals surface area contributed by atoms with Gasteiger partial charge in [0.1, 0.15) is 0 Å². The van der Waals surface area contributed by atoms with E-state index in [9.17, 15) is 13.2 Å². The minimum atomic E-state index is -3.84. The molecule has 0 aliphatic carbocycles. The van der Waals surface area contributed by atoms with Gasteiger partial charge in [0.15, 0.2) is 0 Å². The molecule has 0 saturated heterocycles. The predicted molar refractivity (Wildman–Crippen MR) is 88.8 cm³/mol. The Bertz CT molecular complexity index is 820. The van der Waals surface area contributed by atoms with E-state index in [1.807, 2.05) is 0 Å². The standard InChI is InChI=1S/C15H13Cl2NO4S/c16-12-3-1-10(2-4-12)5-6-18-23(21,22)14-8-11(15(19)20)7-13(17)9-14/h1-4,7-9,18H,5-6H2,(H,19,20). The number of aromatic carboxylic acids is 1. The fourth-order valence-electron chi connectivity index (χ4n) is 1.91. The second kappa shape index (κ2) is 7.31. The van der Waals surface area contributed by atoms with Gasteiger partial charge in [0.2, 0.25) is 10.0 Å². The first-order valence-electron chi connectivity index (χ1n) is 6.56. The third-order valence-electron chi connectivity index (χ3n) is 3.05. The van der Waals surface area contributed by atoms with E-state index < -0.39 is 16.0 Å². The highest BCUT2D eigenvalue weighted by atomic mass is 35.5. The summed E-state index contributed by atoms with van der Waals surface area (Å²) in [5, 5.41) is 9.61. The van der Waals surface area contributed by atoms with Crippen molar-refractivity contribution < 1.29 is 18.3 Å². The number of carboxylic acid groups (broad SMARTS) is 1. The molecule has 2 aromatic carbocycles. The number of halogens is 2. The maximum Gasteiger partial charge on any atom is 0.335 e. The molecule has 2 aromatic rings. The molecule has 0 unspecified atom stereocenters.